The van der Waals surface area contributed by atoms with Gasteiger partial charge in [-0.15, -0.1) is 11.3 Å². The molecule has 0 bridgehead atoms. The number of hydrogen-bond acceptors (Lipinski definition) is 3. The first-order valence-electron chi connectivity index (χ1n) is 9.68. The molecule has 4 nitrogen and oxygen atoms in total. The first kappa shape index (κ1) is 19.9. The highest BCUT2D eigenvalue weighted by molar-refractivity contribution is 7.23. The zero-order valence-electron chi connectivity index (χ0n) is 17.1. The Morgan fingerprint density at radius 1 is 1.11 bits per heavy atom. The summed E-state index contributed by atoms with van der Waals surface area (Å²) in [5, 5.41) is 7.64. The third kappa shape index (κ3) is 3.49. The molecule has 0 saturated heterocycles. The fourth-order valence-electron chi connectivity index (χ4n) is 3.96. The van der Waals surface area contributed by atoms with E-state index in [0.717, 1.165) is 16.5 Å². The molecule has 1 aromatic carbocycles. The molecule has 1 saturated carbocycles. The molecule has 2 aromatic rings. The molecule has 0 unspecified atom stereocenters. The molecule has 1 aromatic heterocycles. The van der Waals surface area contributed by atoms with Crippen LogP contribution in [0.1, 0.15) is 58.3 Å². The van der Waals surface area contributed by atoms with Crippen LogP contribution in [0.25, 0.3) is 10.1 Å². The summed E-state index contributed by atoms with van der Waals surface area (Å²) in [7, 11) is 0. The molecule has 1 aliphatic carbocycles. The second kappa shape index (κ2) is 6.93. The molecule has 1 aliphatic rings. The molecule has 3 rings (SSSR count). The van der Waals surface area contributed by atoms with Crippen LogP contribution in [0.3, 0.4) is 0 Å². The fourth-order valence-corrected chi connectivity index (χ4v) is 5.06. The van der Waals surface area contributed by atoms with Crippen molar-refractivity contribution in [2.24, 2.45) is 22.7 Å². The largest absolute Gasteiger partial charge is 0.352 e. The minimum Gasteiger partial charge on any atom is -0.352 e. The Morgan fingerprint density at radius 2 is 1.74 bits per heavy atom. The number of anilines is 1. The van der Waals surface area contributed by atoms with E-state index in [1.165, 1.54) is 11.3 Å². The van der Waals surface area contributed by atoms with E-state index in [0.29, 0.717) is 23.0 Å². The van der Waals surface area contributed by atoms with Gasteiger partial charge in [-0.2, -0.15) is 0 Å². The number of thiophene rings is 1. The smallest absolute Gasteiger partial charge is 0.254 e. The van der Waals surface area contributed by atoms with Crippen LogP contribution >= 0.6 is 11.3 Å². The van der Waals surface area contributed by atoms with Crippen LogP contribution in [0.5, 0.6) is 0 Å². The number of rotatable bonds is 6. The third-order valence-corrected chi connectivity index (χ3v) is 7.44. The lowest BCUT2D eigenvalue weighted by molar-refractivity contribution is -0.118. The van der Waals surface area contributed by atoms with Crippen LogP contribution in [0.15, 0.2) is 24.3 Å². The maximum Gasteiger partial charge on any atom is 0.254 e. The predicted molar refractivity (Wildman–Crippen MR) is 113 cm³/mol. The van der Waals surface area contributed by atoms with Gasteiger partial charge >= 0.3 is 0 Å². The van der Waals surface area contributed by atoms with E-state index in [4.69, 9.17) is 0 Å². The number of carbonyl (C=O) groups is 2. The summed E-state index contributed by atoms with van der Waals surface area (Å²) >= 11 is 1.47. The van der Waals surface area contributed by atoms with Crippen molar-refractivity contribution in [2.45, 2.75) is 48.0 Å². The normalized spacial score (nSPS) is 17.9. The van der Waals surface area contributed by atoms with Crippen molar-refractivity contribution in [3.05, 3.63) is 29.8 Å². The van der Waals surface area contributed by atoms with Gasteiger partial charge in [0.25, 0.3) is 5.91 Å². The summed E-state index contributed by atoms with van der Waals surface area (Å²) in [6, 6.07) is 7.83. The average Bonchev–Trinajstić information content (AvgIpc) is 2.84. The van der Waals surface area contributed by atoms with Gasteiger partial charge in [-0.1, -0.05) is 59.7 Å². The van der Waals surface area contributed by atoms with Crippen molar-refractivity contribution in [3.8, 4) is 0 Å². The second-order valence-corrected chi connectivity index (χ2v) is 10.2. The van der Waals surface area contributed by atoms with Crippen LogP contribution in [0.2, 0.25) is 0 Å². The number of amides is 2. The number of nitrogens with one attached hydrogen (secondary N) is 2. The highest BCUT2D eigenvalue weighted by atomic mass is 32.1. The first-order chi connectivity index (χ1) is 12.6. The van der Waals surface area contributed by atoms with Crippen LogP contribution in [0.4, 0.5) is 5.00 Å². The summed E-state index contributed by atoms with van der Waals surface area (Å²) in [4.78, 5) is 25.8. The van der Waals surface area contributed by atoms with Gasteiger partial charge in [0.2, 0.25) is 5.91 Å². The first-order valence-corrected chi connectivity index (χ1v) is 10.5. The van der Waals surface area contributed by atoms with Gasteiger partial charge in [0.15, 0.2) is 0 Å². The Balaban J connectivity index is 1.87. The summed E-state index contributed by atoms with van der Waals surface area (Å²) in [6.45, 7) is 13.4. The van der Waals surface area contributed by atoms with Crippen LogP contribution in [-0.2, 0) is 4.79 Å². The maximum atomic E-state index is 12.9. The lowest BCUT2D eigenvalue weighted by Gasteiger charge is -2.10. The number of fused-ring (bicyclic) bond motifs is 1. The fraction of sp³-hybridized carbons (Fsp3) is 0.545. The van der Waals surface area contributed by atoms with Gasteiger partial charge < -0.3 is 10.6 Å². The molecule has 1 heterocycles. The van der Waals surface area contributed by atoms with Crippen molar-refractivity contribution in [1.82, 2.24) is 5.32 Å². The van der Waals surface area contributed by atoms with Crippen molar-refractivity contribution in [2.75, 3.05) is 11.9 Å². The Labute approximate surface area is 165 Å². The van der Waals surface area contributed by atoms with E-state index in [-0.39, 0.29) is 28.6 Å². The highest BCUT2D eigenvalue weighted by Gasteiger charge is 2.68. The standard InChI is InChI=1S/C22H30N2O2S/c1-13(2)11-12-23-18(25)16-14-9-7-8-10-15(14)27-20(16)24-19(26)17-21(3,4)22(17,5)6/h7-10,13,17H,11-12H2,1-6H3,(H,23,25)(H,24,26). The molecule has 146 valence electrons. The molecule has 2 N–H and O–H groups in total. The predicted octanol–water partition coefficient (Wildman–Crippen LogP) is 5.30. The molecule has 0 atom stereocenters. The summed E-state index contributed by atoms with van der Waals surface area (Å²) in [5.41, 5.74) is 0.518. The molecule has 2 amide bonds. The van der Waals surface area contributed by atoms with Crippen LogP contribution in [0, 0.1) is 22.7 Å². The Hall–Kier alpha value is -1.88. The van der Waals surface area contributed by atoms with Crippen molar-refractivity contribution >= 4 is 38.2 Å². The summed E-state index contributed by atoms with van der Waals surface area (Å²) in [6.07, 6.45) is 0.931. The van der Waals surface area contributed by atoms with Crippen LogP contribution < -0.4 is 10.6 Å². The zero-order valence-corrected chi connectivity index (χ0v) is 17.9. The number of benzene rings is 1. The monoisotopic (exact) mass is 386 g/mol. The van der Waals surface area contributed by atoms with Gasteiger partial charge in [-0.3, -0.25) is 9.59 Å². The molecule has 5 heteroatoms. The van der Waals surface area contributed by atoms with Crippen molar-refractivity contribution < 1.29 is 9.59 Å². The van der Waals surface area contributed by atoms with E-state index >= 15 is 0 Å². The van der Waals surface area contributed by atoms with Crippen LogP contribution in [-0.4, -0.2) is 18.4 Å². The third-order valence-electron chi connectivity index (χ3n) is 6.35. The molecule has 1 fully saturated rings. The Morgan fingerprint density at radius 3 is 2.33 bits per heavy atom. The number of hydrogen-bond donors (Lipinski definition) is 2. The van der Waals surface area contributed by atoms with Gasteiger partial charge in [0, 0.05) is 22.5 Å². The summed E-state index contributed by atoms with van der Waals surface area (Å²) < 4.78 is 1.01. The molecule has 0 aliphatic heterocycles. The minimum atomic E-state index is -0.113. The highest BCUT2D eigenvalue weighted by Crippen LogP contribution is 2.68. The quantitative estimate of drug-likeness (QED) is 0.708. The molecule has 0 radical (unpaired) electrons. The SMILES string of the molecule is CC(C)CCNC(=O)c1c(NC(=O)C2C(C)(C)C2(C)C)sc2ccccc12. The van der Waals surface area contributed by atoms with E-state index in [2.05, 4.69) is 52.2 Å². The van der Waals surface area contributed by atoms with Gasteiger partial charge in [-0.25, -0.2) is 0 Å². The molecule has 27 heavy (non-hydrogen) atoms. The van der Waals surface area contributed by atoms with E-state index < -0.39 is 0 Å². The minimum absolute atomic E-state index is 0.00721. The van der Waals surface area contributed by atoms with E-state index in [9.17, 15) is 9.59 Å². The Bertz CT molecular complexity index is 866. The second-order valence-electron chi connectivity index (χ2n) is 9.11. The molecular weight excluding hydrogens is 356 g/mol. The zero-order chi connectivity index (χ0) is 20.0. The van der Waals surface area contributed by atoms with Gasteiger partial charge in [0.05, 0.1) is 5.56 Å². The molecule has 0 spiro atoms. The Kier molecular flexibility index (Phi) is 5.10. The average molecular weight is 387 g/mol. The van der Waals surface area contributed by atoms with E-state index in [1.54, 1.807) is 0 Å². The van der Waals surface area contributed by atoms with Crippen molar-refractivity contribution in [1.29, 1.82) is 0 Å². The lowest BCUT2D eigenvalue weighted by Crippen LogP contribution is -2.26. The maximum absolute atomic E-state index is 12.9. The van der Waals surface area contributed by atoms with E-state index in [1.807, 2.05) is 24.3 Å². The van der Waals surface area contributed by atoms with Crippen molar-refractivity contribution in [3.63, 3.8) is 0 Å². The lowest BCUT2D eigenvalue weighted by atomic mass is 10.0. The topological polar surface area (TPSA) is 58.2 Å². The van der Waals surface area contributed by atoms with Gasteiger partial charge in [-0.05, 0) is 29.2 Å². The molecular formula is C22H30N2O2S. The van der Waals surface area contributed by atoms with Gasteiger partial charge in [0.1, 0.15) is 5.00 Å². The summed E-state index contributed by atoms with van der Waals surface area (Å²) in [5.74, 6) is 0.376. The number of carbonyl (C=O) groups excluding carboxylic acids is 2.